The smallest absolute Gasteiger partial charge is 0.119 e. The van der Waals surface area contributed by atoms with E-state index in [1.165, 1.54) is 16.7 Å². The highest BCUT2D eigenvalue weighted by Crippen LogP contribution is 2.35. The van der Waals surface area contributed by atoms with Gasteiger partial charge in [0, 0.05) is 0 Å². The largest absolute Gasteiger partial charge is 0.497 e. The van der Waals surface area contributed by atoms with Crippen molar-refractivity contribution in [3.8, 4) is 11.5 Å². The van der Waals surface area contributed by atoms with Crippen LogP contribution in [0, 0.1) is 6.92 Å². The molecular formula is C16H17BrO2. The highest BCUT2D eigenvalue weighted by molar-refractivity contribution is 9.09. The Morgan fingerprint density at radius 2 is 1.63 bits per heavy atom. The van der Waals surface area contributed by atoms with Gasteiger partial charge in [-0.05, 0) is 47.9 Å². The molecule has 0 fully saturated rings. The molecule has 0 saturated heterocycles. The van der Waals surface area contributed by atoms with Gasteiger partial charge in [-0.15, -0.1) is 0 Å². The molecule has 0 radical (unpaired) electrons. The van der Waals surface area contributed by atoms with Crippen molar-refractivity contribution >= 4 is 15.9 Å². The first kappa shape index (κ1) is 13.9. The molecule has 0 aromatic heterocycles. The molecular weight excluding hydrogens is 304 g/mol. The van der Waals surface area contributed by atoms with Crippen LogP contribution in [0.2, 0.25) is 0 Å². The van der Waals surface area contributed by atoms with Gasteiger partial charge in [0.05, 0.1) is 19.0 Å². The van der Waals surface area contributed by atoms with E-state index in [4.69, 9.17) is 9.47 Å². The highest BCUT2D eigenvalue weighted by Gasteiger charge is 2.13. The van der Waals surface area contributed by atoms with E-state index < -0.39 is 0 Å². The first-order valence-corrected chi connectivity index (χ1v) is 7.00. The Labute approximate surface area is 122 Å². The van der Waals surface area contributed by atoms with Gasteiger partial charge in [0.2, 0.25) is 0 Å². The Morgan fingerprint density at radius 1 is 0.947 bits per heavy atom. The molecule has 0 aliphatic carbocycles. The fourth-order valence-corrected chi connectivity index (χ4v) is 2.84. The van der Waals surface area contributed by atoms with E-state index in [0.29, 0.717) is 0 Å². The summed E-state index contributed by atoms with van der Waals surface area (Å²) in [5, 5.41) is 0. The van der Waals surface area contributed by atoms with Gasteiger partial charge in [-0.3, -0.25) is 0 Å². The zero-order valence-electron chi connectivity index (χ0n) is 11.3. The molecule has 1 unspecified atom stereocenters. The third-order valence-corrected chi connectivity index (χ3v) is 4.16. The summed E-state index contributed by atoms with van der Waals surface area (Å²) in [6.07, 6.45) is 0. The van der Waals surface area contributed by atoms with Crippen LogP contribution >= 0.6 is 15.9 Å². The zero-order chi connectivity index (χ0) is 13.8. The topological polar surface area (TPSA) is 18.5 Å². The van der Waals surface area contributed by atoms with Crippen LogP contribution in [0.3, 0.4) is 0 Å². The summed E-state index contributed by atoms with van der Waals surface area (Å²) in [6.45, 7) is 2.09. The van der Waals surface area contributed by atoms with Crippen molar-refractivity contribution in [2.45, 2.75) is 11.8 Å². The normalized spacial score (nSPS) is 12.0. The van der Waals surface area contributed by atoms with Crippen LogP contribution < -0.4 is 9.47 Å². The predicted molar refractivity (Wildman–Crippen MR) is 81.5 cm³/mol. The van der Waals surface area contributed by atoms with E-state index in [0.717, 1.165) is 11.5 Å². The van der Waals surface area contributed by atoms with Gasteiger partial charge in [0.25, 0.3) is 0 Å². The van der Waals surface area contributed by atoms with Crippen molar-refractivity contribution in [3.05, 3.63) is 59.2 Å². The third-order valence-electron chi connectivity index (χ3n) is 3.14. The summed E-state index contributed by atoms with van der Waals surface area (Å²) in [5.41, 5.74) is 3.60. The number of ether oxygens (including phenoxy) is 2. The van der Waals surface area contributed by atoms with Crippen LogP contribution in [0.4, 0.5) is 0 Å². The highest BCUT2D eigenvalue weighted by atomic mass is 79.9. The maximum absolute atomic E-state index is 5.27. The van der Waals surface area contributed by atoms with E-state index in [9.17, 15) is 0 Å². The molecule has 100 valence electrons. The second-order valence-electron chi connectivity index (χ2n) is 4.36. The Morgan fingerprint density at radius 3 is 2.26 bits per heavy atom. The standard InChI is InChI=1S/C16H17BrO2/c1-11-9-14(19-3)7-8-15(11)16(17)12-5-4-6-13(10-12)18-2/h4-10,16H,1-3H3. The fourth-order valence-electron chi connectivity index (χ4n) is 2.04. The number of rotatable bonds is 4. The molecule has 2 nitrogen and oxygen atoms in total. The van der Waals surface area contributed by atoms with Crippen molar-refractivity contribution in [1.29, 1.82) is 0 Å². The van der Waals surface area contributed by atoms with Gasteiger partial charge in [-0.2, -0.15) is 0 Å². The fraction of sp³-hybridized carbons (Fsp3) is 0.250. The van der Waals surface area contributed by atoms with Crippen LogP contribution in [0.25, 0.3) is 0 Å². The van der Waals surface area contributed by atoms with Crippen LogP contribution in [0.1, 0.15) is 21.5 Å². The van der Waals surface area contributed by atoms with Crippen molar-refractivity contribution in [2.75, 3.05) is 14.2 Å². The van der Waals surface area contributed by atoms with E-state index in [2.05, 4.69) is 35.0 Å². The lowest BCUT2D eigenvalue weighted by atomic mass is 10.00. The lowest BCUT2D eigenvalue weighted by molar-refractivity contribution is 0.414. The number of alkyl halides is 1. The number of hydrogen-bond acceptors (Lipinski definition) is 2. The molecule has 0 amide bonds. The lowest BCUT2D eigenvalue weighted by Gasteiger charge is -2.15. The maximum atomic E-state index is 5.27. The van der Waals surface area contributed by atoms with Crippen molar-refractivity contribution < 1.29 is 9.47 Å². The van der Waals surface area contributed by atoms with Gasteiger partial charge in [-0.25, -0.2) is 0 Å². The summed E-state index contributed by atoms with van der Waals surface area (Å²) < 4.78 is 10.5. The molecule has 2 aromatic carbocycles. The van der Waals surface area contributed by atoms with Gasteiger partial charge in [-0.1, -0.05) is 34.1 Å². The van der Waals surface area contributed by atoms with Crippen LogP contribution in [-0.4, -0.2) is 14.2 Å². The van der Waals surface area contributed by atoms with Crippen LogP contribution in [-0.2, 0) is 0 Å². The molecule has 0 heterocycles. The Kier molecular flexibility index (Phi) is 4.48. The molecule has 0 aliphatic rings. The van der Waals surface area contributed by atoms with Gasteiger partial charge < -0.3 is 9.47 Å². The third kappa shape index (κ3) is 3.10. The first-order chi connectivity index (χ1) is 9.15. The average molecular weight is 321 g/mol. The number of methoxy groups -OCH3 is 2. The van der Waals surface area contributed by atoms with Gasteiger partial charge in [0.15, 0.2) is 0 Å². The molecule has 2 rings (SSSR count). The predicted octanol–water partition coefficient (Wildman–Crippen LogP) is 4.50. The summed E-state index contributed by atoms with van der Waals surface area (Å²) in [4.78, 5) is 0.147. The minimum atomic E-state index is 0.147. The molecule has 0 N–H and O–H groups in total. The summed E-state index contributed by atoms with van der Waals surface area (Å²) in [5.74, 6) is 1.75. The molecule has 3 heteroatoms. The van der Waals surface area contributed by atoms with Crippen LogP contribution in [0.5, 0.6) is 11.5 Å². The van der Waals surface area contributed by atoms with Crippen molar-refractivity contribution in [1.82, 2.24) is 0 Å². The van der Waals surface area contributed by atoms with E-state index >= 15 is 0 Å². The van der Waals surface area contributed by atoms with Gasteiger partial charge in [0.1, 0.15) is 11.5 Å². The number of aryl methyl sites for hydroxylation is 1. The lowest BCUT2D eigenvalue weighted by Crippen LogP contribution is -1.97. The molecule has 2 aromatic rings. The average Bonchev–Trinajstić information content (AvgIpc) is 2.46. The molecule has 0 aliphatic heterocycles. The molecule has 1 atom stereocenters. The second kappa shape index (κ2) is 6.11. The van der Waals surface area contributed by atoms with Gasteiger partial charge >= 0.3 is 0 Å². The molecule has 19 heavy (non-hydrogen) atoms. The Bertz CT molecular complexity index is 566. The van der Waals surface area contributed by atoms with E-state index in [1.807, 2.05) is 30.3 Å². The van der Waals surface area contributed by atoms with Crippen molar-refractivity contribution in [3.63, 3.8) is 0 Å². The zero-order valence-corrected chi connectivity index (χ0v) is 12.9. The molecule has 0 spiro atoms. The second-order valence-corrected chi connectivity index (χ2v) is 5.28. The summed E-state index contributed by atoms with van der Waals surface area (Å²) >= 11 is 3.76. The quantitative estimate of drug-likeness (QED) is 0.772. The number of halogens is 1. The monoisotopic (exact) mass is 320 g/mol. The van der Waals surface area contributed by atoms with Crippen LogP contribution in [0.15, 0.2) is 42.5 Å². The Hall–Kier alpha value is -1.48. The first-order valence-electron chi connectivity index (χ1n) is 6.08. The minimum absolute atomic E-state index is 0.147. The summed E-state index contributed by atoms with van der Waals surface area (Å²) in [6, 6.07) is 14.2. The maximum Gasteiger partial charge on any atom is 0.119 e. The SMILES string of the molecule is COc1cccc(C(Br)c2ccc(OC)cc2C)c1. The number of benzene rings is 2. The Balaban J connectivity index is 2.35. The molecule has 0 saturated carbocycles. The minimum Gasteiger partial charge on any atom is -0.497 e. The van der Waals surface area contributed by atoms with Crippen molar-refractivity contribution in [2.24, 2.45) is 0 Å². The van der Waals surface area contributed by atoms with E-state index in [1.54, 1.807) is 14.2 Å². The van der Waals surface area contributed by atoms with E-state index in [-0.39, 0.29) is 4.83 Å². The summed E-state index contributed by atoms with van der Waals surface area (Å²) in [7, 11) is 3.36. The molecule has 0 bridgehead atoms. The number of hydrogen-bond donors (Lipinski definition) is 0.